The smallest absolute Gasteiger partial charge is 0.185 e. The monoisotopic (exact) mass is 257 g/mol. The van der Waals surface area contributed by atoms with Gasteiger partial charge in [-0.1, -0.05) is 6.92 Å². The number of aromatic nitrogens is 1. The fourth-order valence-corrected chi connectivity index (χ4v) is 2.49. The van der Waals surface area contributed by atoms with E-state index in [1.165, 1.54) is 4.88 Å². The summed E-state index contributed by atoms with van der Waals surface area (Å²) in [7, 11) is 3.78. The van der Waals surface area contributed by atoms with Gasteiger partial charge in [0, 0.05) is 32.1 Å². The van der Waals surface area contributed by atoms with E-state index in [2.05, 4.69) is 36.1 Å². The highest BCUT2D eigenvalue weighted by molar-refractivity contribution is 7.15. The van der Waals surface area contributed by atoms with E-state index < -0.39 is 0 Å². The minimum atomic E-state index is 0.594. The number of rotatable bonds is 8. The third-order valence-electron chi connectivity index (χ3n) is 2.56. The summed E-state index contributed by atoms with van der Waals surface area (Å²) in [6.07, 6.45) is 1.15. The molecule has 1 aromatic rings. The van der Waals surface area contributed by atoms with Gasteiger partial charge in [-0.2, -0.15) is 0 Å². The van der Waals surface area contributed by atoms with Gasteiger partial charge in [0.2, 0.25) is 0 Å². The number of ether oxygens (including phenoxy) is 1. The number of hydrogen-bond acceptors (Lipinski definition) is 5. The van der Waals surface area contributed by atoms with Crippen LogP contribution in [0, 0.1) is 0 Å². The van der Waals surface area contributed by atoms with E-state index in [9.17, 15) is 0 Å². The lowest BCUT2D eigenvalue weighted by Gasteiger charge is -2.11. The third kappa shape index (κ3) is 4.26. The van der Waals surface area contributed by atoms with E-state index in [0.717, 1.165) is 36.9 Å². The van der Waals surface area contributed by atoms with Crippen molar-refractivity contribution in [2.24, 2.45) is 0 Å². The number of thiazole rings is 1. The molecule has 0 aromatic carbocycles. The number of nitrogens with one attached hydrogen (secondary N) is 1. The second-order valence-electron chi connectivity index (χ2n) is 3.99. The second-order valence-corrected chi connectivity index (χ2v) is 5.05. The van der Waals surface area contributed by atoms with Gasteiger partial charge in [0.1, 0.15) is 0 Å². The molecule has 17 heavy (non-hydrogen) atoms. The Kier molecular flexibility index (Phi) is 6.47. The molecule has 0 saturated carbocycles. The minimum Gasteiger partial charge on any atom is -0.378 e. The van der Waals surface area contributed by atoms with Crippen molar-refractivity contribution >= 4 is 16.5 Å². The van der Waals surface area contributed by atoms with Crippen LogP contribution in [0.3, 0.4) is 0 Å². The predicted molar refractivity (Wildman–Crippen MR) is 73.8 cm³/mol. The van der Waals surface area contributed by atoms with E-state index >= 15 is 0 Å². The van der Waals surface area contributed by atoms with Crippen molar-refractivity contribution in [3.8, 4) is 0 Å². The van der Waals surface area contributed by atoms with Crippen LogP contribution in [0.25, 0.3) is 0 Å². The van der Waals surface area contributed by atoms with Crippen LogP contribution in [0.2, 0.25) is 0 Å². The lowest BCUT2D eigenvalue weighted by atomic mass is 10.3. The van der Waals surface area contributed by atoms with Gasteiger partial charge in [0.25, 0.3) is 0 Å². The topological polar surface area (TPSA) is 37.4 Å². The fourth-order valence-electron chi connectivity index (χ4n) is 1.43. The molecule has 1 N–H and O–H groups in total. The molecule has 0 fully saturated rings. The summed E-state index contributed by atoms with van der Waals surface area (Å²) < 4.78 is 5.20. The molecule has 1 aromatic heterocycles. The van der Waals surface area contributed by atoms with E-state index in [1.807, 2.05) is 0 Å². The molecule has 4 nitrogen and oxygen atoms in total. The Morgan fingerprint density at radius 1 is 1.41 bits per heavy atom. The van der Waals surface area contributed by atoms with Gasteiger partial charge in [-0.15, -0.1) is 11.3 Å². The highest BCUT2D eigenvalue weighted by Crippen LogP contribution is 2.26. The van der Waals surface area contributed by atoms with Gasteiger partial charge in [0.05, 0.1) is 12.3 Å². The standard InChI is InChI=1S/C12H23N3OS/c1-5-7-13-8-11-10(9-16-4)14-12(17-11)15(3)6-2/h13H,5-9H2,1-4H3. The van der Waals surface area contributed by atoms with E-state index in [0.29, 0.717) is 6.61 Å². The summed E-state index contributed by atoms with van der Waals surface area (Å²) in [6.45, 7) is 7.81. The van der Waals surface area contributed by atoms with Gasteiger partial charge in [-0.25, -0.2) is 4.98 Å². The van der Waals surface area contributed by atoms with E-state index in [1.54, 1.807) is 18.4 Å². The fraction of sp³-hybridized carbons (Fsp3) is 0.750. The number of anilines is 1. The molecule has 0 unspecified atom stereocenters. The van der Waals surface area contributed by atoms with Crippen molar-refractivity contribution in [1.29, 1.82) is 0 Å². The van der Waals surface area contributed by atoms with Gasteiger partial charge >= 0.3 is 0 Å². The first-order chi connectivity index (χ1) is 8.22. The van der Waals surface area contributed by atoms with Crippen LogP contribution in [0.5, 0.6) is 0 Å². The Balaban J connectivity index is 2.73. The van der Waals surface area contributed by atoms with Crippen molar-refractivity contribution in [1.82, 2.24) is 10.3 Å². The Labute approximate surface area is 108 Å². The van der Waals surface area contributed by atoms with Crippen LogP contribution in [0.4, 0.5) is 5.13 Å². The first-order valence-corrected chi connectivity index (χ1v) is 6.93. The summed E-state index contributed by atoms with van der Waals surface area (Å²) in [5, 5.41) is 4.49. The molecule has 1 heterocycles. The first kappa shape index (κ1) is 14.4. The summed E-state index contributed by atoms with van der Waals surface area (Å²) in [5.74, 6) is 0. The molecule has 5 heteroatoms. The lowest BCUT2D eigenvalue weighted by molar-refractivity contribution is 0.181. The average Bonchev–Trinajstić information content (AvgIpc) is 2.73. The van der Waals surface area contributed by atoms with Crippen molar-refractivity contribution in [2.75, 3.05) is 32.1 Å². The number of hydrogen-bond donors (Lipinski definition) is 1. The third-order valence-corrected chi connectivity index (χ3v) is 3.77. The van der Waals surface area contributed by atoms with Gasteiger partial charge in [-0.05, 0) is 19.9 Å². The molecule has 0 radical (unpaired) electrons. The maximum Gasteiger partial charge on any atom is 0.185 e. The largest absolute Gasteiger partial charge is 0.378 e. The van der Waals surface area contributed by atoms with Crippen LogP contribution < -0.4 is 10.2 Å². The molecule has 98 valence electrons. The summed E-state index contributed by atoms with van der Waals surface area (Å²) >= 11 is 1.75. The highest BCUT2D eigenvalue weighted by Gasteiger charge is 2.12. The van der Waals surface area contributed by atoms with Crippen molar-refractivity contribution in [3.63, 3.8) is 0 Å². The summed E-state index contributed by atoms with van der Waals surface area (Å²) in [6, 6.07) is 0. The SMILES string of the molecule is CCCNCc1sc(N(C)CC)nc1COC. The molecule has 0 saturated heterocycles. The normalized spacial score (nSPS) is 10.8. The molecule has 0 spiro atoms. The lowest BCUT2D eigenvalue weighted by Crippen LogP contribution is -2.15. The predicted octanol–water partition coefficient (Wildman–Crippen LogP) is 2.25. The Morgan fingerprint density at radius 2 is 2.18 bits per heavy atom. The van der Waals surface area contributed by atoms with Gasteiger partial charge in [0.15, 0.2) is 5.13 Å². The van der Waals surface area contributed by atoms with E-state index in [-0.39, 0.29) is 0 Å². The minimum absolute atomic E-state index is 0.594. The molecule has 0 aliphatic rings. The van der Waals surface area contributed by atoms with Crippen LogP contribution in [-0.4, -0.2) is 32.2 Å². The van der Waals surface area contributed by atoms with Crippen molar-refractivity contribution in [2.45, 2.75) is 33.4 Å². The highest BCUT2D eigenvalue weighted by atomic mass is 32.1. The molecule has 0 amide bonds. The summed E-state index contributed by atoms with van der Waals surface area (Å²) in [4.78, 5) is 8.08. The first-order valence-electron chi connectivity index (χ1n) is 6.12. The second kappa shape index (κ2) is 7.63. The Morgan fingerprint density at radius 3 is 2.76 bits per heavy atom. The average molecular weight is 257 g/mol. The number of nitrogens with zero attached hydrogens (tertiary/aromatic N) is 2. The number of methoxy groups -OCH3 is 1. The van der Waals surface area contributed by atoms with Crippen molar-refractivity contribution < 1.29 is 4.74 Å². The Bertz CT molecular complexity index is 328. The van der Waals surface area contributed by atoms with Crippen LogP contribution >= 0.6 is 11.3 Å². The van der Waals surface area contributed by atoms with Crippen molar-refractivity contribution in [3.05, 3.63) is 10.6 Å². The molecular weight excluding hydrogens is 234 g/mol. The van der Waals surface area contributed by atoms with Gasteiger partial charge in [-0.3, -0.25) is 0 Å². The summed E-state index contributed by atoms with van der Waals surface area (Å²) in [5.41, 5.74) is 1.07. The molecule has 1 rings (SSSR count). The van der Waals surface area contributed by atoms with Gasteiger partial charge < -0.3 is 15.0 Å². The zero-order valence-corrected chi connectivity index (χ0v) is 12.1. The molecule has 0 aliphatic carbocycles. The maximum absolute atomic E-state index is 5.20. The molecule has 0 aliphatic heterocycles. The zero-order valence-electron chi connectivity index (χ0n) is 11.2. The molecule has 0 atom stereocenters. The quantitative estimate of drug-likeness (QED) is 0.725. The maximum atomic E-state index is 5.20. The molecular formula is C12H23N3OS. The van der Waals surface area contributed by atoms with Crippen LogP contribution in [0.1, 0.15) is 30.8 Å². The van der Waals surface area contributed by atoms with Crippen LogP contribution in [0.15, 0.2) is 0 Å². The van der Waals surface area contributed by atoms with E-state index in [4.69, 9.17) is 4.74 Å². The Hall–Kier alpha value is -0.650. The zero-order chi connectivity index (χ0) is 12.7. The van der Waals surface area contributed by atoms with Crippen LogP contribution in [-0.2, 0) is 17.9 Å². The molecule has 0 bridgehead atoms.